The summed E-state index contributed by atoms with van der Waals surface area (Å²) in [5, 5.41) is 0. The number of nitrogens with zero attached hydrogens (tertiary/aromatic N) is 3. The summed E-state index contributed by atoms with van der Waals surface area (Å²) in [6.07, 6.45) is 5.21. The minimum Gasteiger partial charge on any atom is -0.497 e. The number of hydrogen-bond acceptors (Lipinski definition) is 4. The molecule has 1 aromatic heterocycles. The molecule has 4 nitrogen and oxygen atoms in total. The second-order valence-electron chi connectivity index (χ2n) is 4.56. The standard InChI is InChI=1S/C15H19N3O/c1-12(13-5-4-6-15(9-13)19-3)18(2)11-14-10-16-7-8-17-14/h4-10,12H,11H2,1-3H3/t12-/m1/s1. The van der Waals surface area contributed by atoms with Crippen LogP contribution in [0.5, 0.6) is 5.75 Å². The van der Waals surface area contributed by atoms with Gasteiger partial charge in [0.1, 0.15) is 5.75 Å². The Morgan fingerprint density at radius 1 is 1.32 bits per heavy atom. The Kier molecular flexibility index (Phi) is 4.47. The van der Waals surface area contributed by atoms with Crippen molar-refractivity contribution in [2.45, 2.75) is 19.5 Å². The van der Waals surface area contributed by atoms with E-state index in [0.717, 1.165) is 18.0 Å². The van der Waals surface area contributed by atoms with E-state index in [1.54, 1.807) is 25.7 Å². The molecule has 2 aromatic rings. The van der Waals surface area contributed by atoms with Gasteiger partial charge in [-0.2, -0.15) is 0 Å². The Hall–Kier alpha value is -1.94. The molecule has 0 saturated heterocycles. The van der Waals surface area contributed by atoms with E-state index < -0.39 is 0 Å². The number of aromatic nitrogens is 2. The number of benzene rings is 1. The summed E-state index contributed by atoms with van der Waals surface area (Å²) < 4.78 is 5.26. The van der Waals surface area contributed by atoms with Gasteiger partial charge in [-0.1, -0.05) is 12.1 Å². The average molecular weight is 257 g/mol. The number of hydrogen-bond donors (Lipinski definition) is 0. The highest BCUT2D eigenvalue weighted by atomic mass is 16.5. The van der Waals surface area contributed by atoms with Gasteiger partial charge in [-0.25, -0.2) is 0 Å². The van der Waals surface area contributed by atoms with Gasteiger partial charge in [-0.05, 0) is 31.7 Å². The molecule has 0 saturated carbocycles. The lowest BCUT2D eigenvalue weighted by Crippen LogP contribution is -2.22. The summed E-state index contributed by atoms with van der Waals surface area (Å²) in [5.74, 6) is 0.886. The molecule has 0 spiro atoms. The lowest BCUT2D eigenvalue weighted by atomic mass is 10.1. The van der Waals surface area contributed by atoms with E-state index in [-0.39, 0.29) is 6.04 Å². The second kappa shape index (κ2) is 6.29. The molecule has 0 aliphatic carbocycles. The molecule has 2 rings (SSSR count). The molecule has 1 aromatic carbocycles. The third-order valence-corrected chi connectivity index (χ3v) is 3.27. The molecule has 0 unspecified atom stereocenters. The number of rotatable bonds is 5. The molecule has 0 N–H and O–H groups in total. The van der Waals surface area contributed by atoms with Gasteiger partial charge in [0.05, 0.1) is 12.8 Å². The second-order valence-corrected chi connectivity index (χ2v) is 4.56. The first kappa shape index (κ1) is 13.5. The molecular weight excluding hydrogens is 238 g/mol. The molecule has 0 aliphatic rings. The summed E-state index contributed by atoms with van der Waals surface area (Å²) in [6.45, 7) is 2.94. The quantitative estimate of drug-likeness (QED) is 0.825. The van der Waals surface area contributed by atoms with Crippen molar-refractivity contribution in [3.63, 3.8) is 0 Å². The van der Waals surface area contributed by atoms with Crippen molar-refractivity contribution in [3.8, 4) is 5.75 Å². The van der Waals surface area contributed by atoms with Crippen molar-refractivity contribution in [1.29, 1.82) is 0 Å². The maximum atomic E-state index is 5.26. The highest BCUT2D eigenvalue weighted by Crippen LogP contribution is 2.23. The first-order valence-corrected chi connectivity index (χ1v) is 6.30. The Labute approximate surface area is 114 Å². The molecule has 0 amide bonds. The van der Waals surface area contributed by atoms with Crippen LogP contribution < -0.4 is 4.74 Å². The molecule has 0 aliphatic heterocycles. The fourth-order valence-corrected chi connectivity index (χ4v) is 1.96. The smallest absolute Gasteiger partial charge is 0.119 e. The van der Waals surface area contributed by atoms with Crippen LogP contribution in [0.15, 0.2) is 42.9 Å². The summed E-state index contributed by atoms with van der Waals surface area (Å²) in [6, 6.07) is 8.44. The number of methoxy groups -OCH3 is 1. The minimum atomic E-state index is 0.289. The van der Waals surface area contributed by atoms with Gasteiger partial charge >= 0.3 is 0 Å². The van der Waals surface area contributed by atoms with Gasteiger partial charge in [0, 0.05) is 31.2 Å². The van der Waals surface area contributed by atoms with Crippen LogP contribution in [0.4, 0.5) is 0 Å². The van der Waals surface area contributed by atoms with Crippen molar-refractivity contribution >= 4 is 0 Å². The maximum Gasteiger partial charge on any atom is 0.119 e. The predicted octanol–water partition coefficient (Wildman–Crippen LogP) is 2.68. The molecule has 0 radical (unpaired) electrons. The van der Waals surface area contributed by atoms with Crippen molar-refractivity contribution < 1.29 is 4.74 Å². The molecule has 0 fully saturated rings. The van der Waals surface area contributed by atoms with E-state index in [1.165, 1.54) is 5.56 Å². The number of ether oxygens (including phenoxy) is 1. The van der Waals surface area contributed by atoms with Crippen molar-refractivity contribution in [2.75, 3.05) is 14.2 Å². The average Bonchev–Trinajstić information content (AvgIpc) is 2.47. The van der Waals surface area contributed by atoms with Gasteiger partial charge in [0.15, 0.2) is 0 Å². The van der Waals surface area contributed by atoms with Crippen molar-refractivity contribution in [3.05, 3.63) is 54.1 Å². The zero-order chi connectivity index (χ0) is 13.7. The summed E-state index contributed by atoms with van der Waals surface area (Å²) in [7, 11) is 3.77. The third-order valence-electron chi connectivity index (χ3n) is 3.27. The summed E-state index contributed by atoms with van der Waals surface area (Å²) in [5.41, 5.74) is 2.20. The van der Waals surface area contributed by atoms with Gasteiger partial charge < -0.3 is 4.74 Å². The van der Waals surface area contributed by atoms with Crippen LogP contribution >= 0.6 is 0 Å². The topological polar surface area (TPSA) is 38.2 Å². The van der Waals surface area contributed by atoms with Crippen LogP contribution in [0.25, 0.3) is 0 Å². The predicted molar refractivity (Wildman–Crippen MR) is 74.9 cm³/mol. The molecule has 4 heteroatoms. The molecule has 100 valence electrons. The van der Waals surface area contributed by atoms with Gasteiger partial charge in [0.25, 0.3) is 0 Å². The Bertz CT molecular complexity index is 516. The van der Waals surface area contributed by atoms with Crippen LogP contribution in [0, 0.1) is 0 Å². The first-order valence-electron chi connectivity index (χ1n) is 6.30. The normalized spacial score (nSPS) is 12.4. The van der Waals surface area contributed by atoms with Crippen LogP contribution in [-0.2, 0) is 6.54 Å². The van der Waals surface area contributed by atoms with Gasteiger partial charge in [0.2, 0.25) is 0 Å². The molecule has 1 atom stereocenters. The van der Waals surface area contributed by atoms with Crippen molar-refractivity contribution in [1.82, 2.24) is 14.9 Å². The fraction of sp³-hybridized carbons (Fsp3) is 0.333. The van der Waals surface area contributed by atoms with E-state index in [9.17, 15) is 0 Å². The van der Waals surface area contributed by atoms with E-state index in [0.29, 0.717) is 0 Å². The SMILES string of the molecule is COc1cccc([C@@H](C)N(C)Cc2cnccn2)c1. The highest BCUT2D eigenvalue weighted by Gasteiger charge is 2.13. The van der Waals surface area contributed by atoms with Gasteiger partial charge in [-0.3, -0.25) is 14.9 Å². The van der Waals surface area contributed by atoms with Crippen LogP contribution in [0.2, 0.25) is 0 Å². The Morgan fingerprint density at radius 3 is 2.84 bits per heavy atom. The highest BCUT2D eigenvalue weighted by molar-refractivity contribution is 5.30. The molecule has 1 heterocycles. The van der Waals surface area contributed by atoms with Crippen LogP contribution in [0.1, 0.15) is 24.2 Å². The fourth-order valence-electron chi connectivity index (χ4n) is 1.96. The van der Waals surface area contributed by atoms with Crippen LogP contribution in [0.3, 0.4) is 0 Å². The maximum absolute atomic E-state index is 5.26. The minimum absolute atomic E-state index is 0.289. The van der Waals surface area contributed by atoms with E-state index >= 15 is 0 Å². The Balaban J connectivity index is 2.08. The molecular formula is C15H19N3O. The summed E-state index contributed by atoms with van der Waals surface area (Å²) in [4.78, 5) is 10.6. The monoisotopic (exact) mass is 257 g/mol. The zero-order valence-electron chi connectivity index (χ0n) is 11.6. The largest absolute Gasteiger partial charge is 0.497 e. The van der Waals surface area contributed by atoms with E-state index in [1.807, 2.05) is 12.1 Å². The third kappa shape index (κ3) is 3.51. The van der Waals surface area contributed by atoms with Crippen LogP contribution in [-0.4, -0.2) is 29.0 Å². The summed E-state index contributed by atoms with van der Waals surface area (Å²) >= 11 is 0. The lowest BCUT2D eigenvalue weighted by molar-refractivity contribution is 0.249. The van der Waals surface area contributed by atoms with E-state index in [4.69, 9.17) is 4.74 Å². The molecule has 19 heavy (non-hydrogen) atoms. The lowest BCUT2D eigenvalue weighted by Gasteiger charge is -2.24. The van der Waals surface area contributed by atoms with Gasteiger partial charge in [-0.15, -0.1) is 0 Å². The Morgan fingerprint density at radius 2 is 2.16 bits per heavy atom. The first-order chi connectivity index (χ1) is 9.20. The van der Waals surface area contributed by atoms with E-state index in [2.05, 4.69) is 41.0 Å². The van der Waals surface area contributed by atoms with Crippen molar-refractivity contribution in [2.24, 2.45) is 0 Å². The zero-order valence-corrected chi connectivity index (χ0v) is 11.6. The molecule has 0 bridgehead atoms.